The second kappa shape index (κ2) is 6.43. The number of likely N-dealkylation sites (tertiary alicyclic amines) is 1. The highest BCUT2D eigenvalue weighted by atomic mass is 16.6. The van der Waals surface area contributed by atoms with Crippen LogP contribution in [0.5, 0.6) is 0 Å². The molecule has 0 saturated carbocycles. The number of hydrogen-bond donors (Lipinski definition) is 1. The van der Waals surface area contributed by atoms with Gasteiger partial charge >= 0.3 is 6.09 Å². The summed E-state index contributed by atoms with van der Waals surface area (Å²) in [5, 5.41) is 10.4. The first-order valence-electron chi connectivity index (χ1n) is 7.44. The molecular weight excluding hydrogens is 268 g/mol. The number of carbonyl (C=O) groups is 1. The molecule has 2 heterocycles. The number of aliphatic hydroxyl groups excluding tert-OH is 1. The van der Waals surface area contributed by atoms with E-state index < -0.39 is 11.7 Å². The Morgan fingerprint density at radius 2 is 2.05 bits per heavy atom. The molecule has 1 atom stereocenters. The summed E-state index contributed by atoms with van der Waals surface area (Å²) in [6, 6.07) is 5.55. The van der Waals surface area contributed by atoms with Crippen LogP contribution in [0.3, 0.4) is 0 Å². The molecule has 0 unspecified atom stereocenters. The van der Waals surface area contributed by atoms with Gasteiger partial charge < -0.3 is 14.7 Å². The lowest BCUT2D eigenvalue weighted by Crippen LogP contribution is -2.42. The third-order valence-electron chi connectivity index (χ3n) is 3.63. The zero-order valence-electron chi connectivity index (χ0n) is 13.0. The highest BCUT2D eigenvalue weighted by Crippen LogP contribution is 2.30. The number of aromatic nitrogens is 1. The molecule has 1 fully saturated rings. The quantitative estimate of drug-likeness (QED) is 0.910. The first-order chi connectivity index (χ1) is 9.87. The van der Waals surface area contributed by atoms with Gasteiger partial charge in [-0.05, 0) is 51.7 Å². The minimum Gasteiger partial charge on any atom is -0.444 e. The largest absolute Gasteiger partial charge is 0.444 e. The predicted octanol–water partition coefficient (Wildman–Crippen LogP) is 2.76. The summed E-state index contributed by atoms with van der Waals surface area (Å²) in [7, 11) is 0. The van der Waals surface area contributed by atoms with Gasteiger partial charge in [0.2, 0.25) is 0 Å². The number of pyridine rings is 1. The van der Waals surface area contributed by atoms with Crippen LogP contribution in [0.1, 0.15) is 45.4 Å². The van der Waals surface area contributed by atoms with Crippen LogP contribution in [0.25, 0.3) is 0 Å². The van der Waals surface area contributed by atoms with Crippen LogP contribution in [0.2, 0.25) is 0 Å². The van der Waals surface area contributed by atoms with Crippen molar-refractivity contribution in [2.75, 3.05) is 13.1 Å². The SMILES string of the molecule is CC(C)(C)OC(=O)N1CCC([C@@H](O)c2ccccn2)CC1. The first-order valence-corrected chi connectivity index (χ1v) is 7.44. The van der Waals surface area contributed by atoms with Gasteiger partial charge in [-0.3, -0.25) is 4.98 Å². The molecule has 1 saturated heterocycles. The number of ether oxygens (including phenoxy) is 1. The van der Waals surface area contributed by atoms with Crippen LogP contribution >= 0.6 is 0 Å². The first kappa shape index (κ1) is 15.8. The molecule has 0 aromatic carbocycles. The van der Waals surface area contributed by atoms with Crippen molar-refractivity contribution in [1.82, 2.24) is 9.88 Å². The fourth-order valence-corrected chi connectivity index (χ4v) is 2.52. The van der Waals surface area contributed by atoms with E-state index in [1.807, 2.05) is 39.0 Å². The van der Waals surface area contributed by atoms with Gasteiger partial charge in [0.15, 0.2) is 0 Å². The molecule has 0 radical (unpaired) electrons. The van der Waals surface area contributed by atoms with E-state index in [1.54, 1.807) is 11.1 Å². The molecule has 0 aliphatic carbocycles. The monoisotopic (exact) mass is 292 g/mol. The number of piperidine rings is 1. The van der Waals surface area contributed by atoms with Crippen molar-refractivity contribution in [3.63, 3.8) is 0 Å². The van der Waals surface area contributed by atoms with Crippen molar-refractivity contribution in [3.05, 3.63) is 30.1 Å². The van der Waals surface area contributed by atoms with Crippen LogP contribution in [0.15, 0.2) is 24.4 Å². The van der Waals surface area contributed by atoms with Gasteiger partial charge in [0.1, 0.15) is 5.60 Å². The van der Waals surface area contributed by atoms with Crippen molar-refractivity contribution in [3.8, 4) is 0 Å². The van der Waals surface area contributed by atoms with Gasteiger partial charge in [0.05, 0.1) is 11.8 Å². The Labute approximate surface area is 125 Å². The molecule has 0 spiro atoms. The number of amides is 1. The average molecular weight is 292 g/mol. The Hall–Kier alpha value is -1.62. The van der Waals surface area contributed by atoms with Gasteiger partial charge in [-0.1, -0.05) is 6.07 Å². The van der Waals surface area contributed by atoms with E-state index in [9.17, 15) is 9.90 Å². The van der Waals surface area contributed by atoms with Gasteiger partial charge in [-0.15, -0.1) is 0 Å². The molecule has 1 N–H and O–H groups in total. The van der Waals surface area contributed by atoms with Crippen LogP contribution in [-0.4, -0.2) is 39.8 Å². The van der Waals surface area contributed by atoms with Crippen LogP contribution in [0.4, 0.5) is 4.79 Å². The minimum atomic E-state index is -0.563. The van der Waals surface area contributed by atoms with E-state index in [0.717, 1.165) is 12.8 Å². The zero-order chi connectivity index (χ0) is 15.5. The molecule has 1 aliphatic heterocycles. The number of carbonyl (C=O) groups excluding carboxylic acids is 1. The van der Waals surface area contributed by atoms with Gasteiger partial charge in [-0.2, -0.15) is 0 Å². The molecule has 1 aromatic heterocycles. The molecule has 1 aromatic rings. The maximum Gasteiger partial charge on any atom is 0.410 e. The summed E-state index contributed by atoms with van der Waals surface area (Å²) < 4.78 is 5.37. The molecule has 21 heavy (non-hydrogen) atoms. The Kier molecular flexibility index (Phi) is 4.83. The average Bonchev–Trinajstić information content (AvgIpc) is 2.46. The molecule has 1 aliphatic rings. The van der Waals surface area contributed by atoms with Crippen molar-refractivity contribution in [2.24, 2.45) is 5.92 Å². The highest BCUT2D eigenvalue weighted by Gasteiger charge is 2.30. The zero-order valence-corrected chi connectivity index (χ0v) is 13.0. The number of nitrogens with zero attached hydrogens (tertiary/aromatic N) is 2. The summed E-state index contributed by atoms with van der Waals surface area (Å²) in [5.74, 6) is 0.138. The predicted molar refractivity (Wildman–Crippen MR) is 79.7 cm³/mol. The van der Waals surface area contributed by atoms with E-state index in [0.29, 0.717) is 18.8 Å². The maximum absolute atomic E-state index is 12.0. The summed E-state index contributed by atoms with van der Waals surface area (Å²) in [5.41, 5.74) is 0.231. The summed E-state index contributed by atoms with van der Waals surface area (Å²) >= 11 is 0. The lowest BCUT2D eigenvalue weighted by Gasteiger charge is -2.35. The maximum atomic E-state index is 12.0. The topological polar surface area (TPSA) is 62.7 Å². The fraction of sp³-hybridized carbons (Fsp3) is 0.625. The standard InChI is InChI=1S/C16H24N2O3/c1-16(2,3)21-15(20)18-10-7-12(8-11-18)14(19)13-6-4-5-9-17-13/h4-6,9,12,14,19H,7-8,10-11H2,1-3H3/t14-/m1/s1. The van der Waals surface area contributed by atoms with Gasteiger partial charge in [0, 0.05) is 19.3 Å². The van der Waals surface area contributed by atoms with Gasteiger partial charge in [-0.25, -0.2) is 4.79 Å². The summed E-state index contributed by atoms with van der Waals surface area (Å²) in [6.07, 6.45) is 2.38. The second-order valence-electron chi connectivity index (χ2n) is 6.50. The molecule has 116 valence electrons. The van der Waals surface area contributed by atoms with Gasteiger partial charge in [0.25, 0.3) is 0 Å². The van der Waals surface area contributed by atoms with E-state index >= 15 is 0 Å². The van der Waals surface area contributed by atoms with Crippen LogP contribution < -0.4 is 0 Å². The van der Waals surface area contributed by atoms with Crippen molar-refractivity contribution in [2.45, 2.75) is 45.3 Å². The van der Waals surface area contributed by atoms with Crippen LogP contribution in [-0.2, 0) is 4.74 Å². The van der Waals surface area contributed by atoms with Crippen molar-refractivity contribution in [1.29, 1.82) is 0 Å². The van der Waals surface area contributed by atoms with E-state index in [2.05, 4.69) is 4.98 Å². The Balaban J connectivity index is 1.87. The van der Waals surface area contributed by atoms with Crippen molar-refractivity contribution >= 4 is 6.09 Å². The normalized spacial score (nSPS) is 18.4. The third-order valence-corrected chi connectivity index (χ3v) is 3.63. The molecule has 2 rings (SSSR count). The summed E-state index contributed by atoms with van der Waals surface area (Å²) in [4.78, 5) is 17.9. The molecular formula is C16H24N2O3. The molecule has 1 amide bonds. The molecule has 5 nitrogen and oxygen atoms in total. The fourth-order valence-electron chi connectivity index (χ4n) is 2.52. The lowest BCUT2D eigenvalue weighted by molar-refractivity contribution is 0.00715. The minimum absolute atomic E-state index is 0.138. The summed E-state index contributed by atoms with van der Waals surface area (Å²) in [6.45, 7) is 6.82. The van der Waals surface area contributed by atoms with Crippen molar-refractivity contribution < 1.29 is 14.6 Å². The molecule has 5 heteroatoms. The Morgan fingerprint density at radius 1 is 1.38 bits per heavy atom. The smallest absolute Gasteiger partial charge is 0.410 e. The molecule has 0 bridgehead atoms. The lowest BCUT2D eigenvalue weighted by atomic mass is 9.89. The second-order valence-corrected chi connectivity index (χ2v) is 6.50. The highest BCUT2D eigenvalue weighted by molar-refractivity contribution is 5.68. The third kappa shape index (κ3) is 4.43. The Bertz CT molecular complexity index is 462. The number of rotatable bonds is 2. The van der Waals surface area contributed by atoms with E-state index in [-0.39, 0.29) is 12.0 Å². The van der Waals surface area contributed by atoms with E-state index in [1.165, 1.54) is 0 Å². The van der Waals surface area contributed by atoms with E-state index in [4.69, 9.17) is 4.74 Å². The number of hydrogen-bond acceptors (Lipinski definition) is 4. The Morgan fingerprint density at radius 3 is 2.57 bits per heavy atom. The number of aliphatic hydroxyl groups is 1. The van der Waals surface area contributed by atoms with Crippen LogP contribution in [0, 0.1) is 5.92 Å².